The zero-order chi connectivity index (χ0) is 11.4. The highest BCUT2D eigenvalue weighted by Gasteiger charge is 2.10. The minimum Gasteiger partial charge on any atom is -0.192 e. The predicted molar refractivity (Wildman–Crippen MR) is 71.0 cm³/mol. The second kappa shape index (κ2) is 5.29. The van der Waals surface area contributed by atoms with E-state index in [0.29, 0.717) is 0 Å². The molecule has 16 heavy (non-hydrogen) atoms. The highest BCUT2D eigenvalue weighted by Crippen LogP contribution is 2.34. The van der Waals surface area contributed by atoms with Gasteiger partial charge in [0.1, 0.15) is 10.9 Å². The number of aryl methyl sites for hydroxylation is 1. The van der Waals surface area contributed by atoms with Crippen molar-refractivity contribution in [1.82, 2.24) is 0 Å². The Morgan fingerprint density at radius 1 is 1.38 bits per heavy atom. The molecule has 2 heterocycles. The SMILES string of the molecule is CCCCc1cc(-c2cccs2)sc1C#N. The summed E-state index contributed by atoms with van der Waals surface area (Å²) < 4.78 is 0. The Balaban J connectivity index is 2.29. The summed E-state index contributed by atoms with van der Waals surface area (Å²) in [6.45, 7) is 2.18. The van der Waals surface area contributed by atoms with Crippen molar-refractivity contribution in [1.29, 1.82) is 5.26 Å². The number of nitrogens with zero attached hydrogens (tertiary/aromatic N) is 1. The summed E-state index contributed by atoms with van der Waals surface area (Å²) >= 11 is 3.35. The van der Waals surface area contributed by atoms with Crippen LogP contribution in [0.3, 0.4) is 0 Å². The molecular formula is C13H13NS2. The molecule has 0 aliphatic rings. The highest BCUT2D eigenvalue weighted by molar-refractivity contribution is 7.21. The van der Waals surface area contributed by atoms with Gasteiger partial charge in [-0.2, -0.15) is 5.26 Å². The Bertz CT molecular complexity index is 488. The summed E-state index contributed by atoms with van der Waals surface area (Å²) in [5.41, 5.74) is 1.22. The van der Waals surface area contributed by atoms with Crippen LogP contribution in [0.5, 0.6) is 0 Å². The normalized spacial score (nSPS) is 10.2. The minimum absolute atomic E-state index is 0.886. The fourth-order valence-corrected chi connectivity index (χ4v) is 3.45. The lowest BCUT2D eigenvalue weighted by Crippen LogP contribution is -1.83. The Morgan fingerprint density at radius 3 is 2.88 bits per heavy atom. The summed E-state index contributed by atoms with van der Waals surface area (Å²) in [6.07, 6.45) is 3.37. The van der Waals surface area contributed by atoms with Gasteiger partial charge < -0.3 is 0 Å². The third kappa shape index (κ3) is 2.34. The first-order chi connectivity index (χ1) is 7.85. The van der Waals surface area contributed by atoms with Gasteiger partial charge in [0.2, 0.25) is 0 Å². The molecule has 2 aromatic heterocycles. The van der Waals surface area contributed by atoms with E-state index in [2.05, 4.69) is 36.6 Å². The Labute approximate surface area is 104 Å². The second-order valence-corrected chi connectivity index (χ2v) is 5.66. The lowest BCUT2D eigenvalue weighted by Gasteiger charge is -1.94. The smallest absolute Gasteiger partial charge is 0.110 e. The summed E-state index contributed by atoms with van der Waals surface area (Å²) in [4.78, 5) is 3.39. The van der Waals surface area contributed by atoms with Gasteiger partial charge in [-0.15, -0.1) is 22.7 Å². The van der Waals surface area contributed by atoms with Crippen molar-refractivity contribution < 1.29 is 0 Å². The molecule has 0 N–H and O–H groups in total. The average Bonchev–Trinajstić information content (AvgIpc) is 2.94. The van der Waals surface area contributed by atoms with Gasteiger partial charge in [0.15, 0.2) is 0 Å². The zero-order valence-electron chi connectivity index (χ0n) is 9.19. The molecule has 3 heteroatoms. The molecule has 0 aliphatic heterocycles. The summed E-state index contributed by atoms with van der Waals surface area (Å²) in [6, 6.07) is 8.66. The highest BCUT2D eigenvalue weighted by atomic mass is 32.1. The van der Waals surface area contributed by atoms with Crippen molar-refractivity contribution in [2.24, 2.45) is 0 Å². The van der Waals surface area contributed by atoms with E-state index < -0.39 is 0 Å². The third-order valence-corrected chi connectivity index (χ3v) is 4.62. The number of thiophene rings is 2. The number of rotatable bonds is 4. The van der Waals surface area contributed by atoms with Crippen LogP contribution in [0.25, 0.3) is 9.75 Å². The molecular weight excluding hydrogens is 234 g/mol. The van der Waals surface area contributed by atoms with Crippen LogP contribution in [0.15, 0.2) is 23.6 Å². The van der Waals surface area contributed by atoms with Crippen LogP contribution in [0.1, 0.15) is 30.2 Å². The van der Waals surface area contributed by atoms with Crippen LogP contribution < -0.4 is 0 Å². The summed E-state index contributed by atoms with van der Waals surface area (Å²) in [5, 5.41) is 11.2. The van der Waals surface area contributed by atoms with Crippen molar-refractivity contribution in [3.05, 3.63) is 34.0 Å². The lowest BCUT2D eigenvalue weighted by molar-refractivity contribution is 0.796. The predicted octanol–water partition coefficient (Wildman–Crippen LogP) is 4.69. The fourth-order valence-electron chi connectivity index (χ4n) is 1.62. The van der Waals surface area contributed by atoms with Crippen molar-refractivity contribution >= 4 is 22.7 Å². The fraction of sp³-hybridized carbons (Fsp3) is 0.308. The molecule has 0 spiro atoms. The first-order valence-corrected chi connectivity index (χ1v) is 7.11. The molecule has 1 nitrogen and oxygen atoms in total. The zero-order valence-corrected chi connectivity index (χ0v) is 10.8. The standard InChI is InChI=1S/C13H13NS2/c1-2-3-5-10-8-12(16-13(10)9-14)11-6-4-7-15-11/h4,6-8H,2-3,5H2,1H3. The Kier molecular flexibility index (Phi) is 3.76. The molecule has 0 bridgehead atoms. The van der Waals surface area contributed by atoms with Gasteiger partial charge in [-0.1, -0.05) is 19.4 Å². The number of hydrogen-bond donors (Lipinski definition) is 0. The van der Waals surface area contributed by atoms with Crippen LogP contribution in [0.2, 0.25) is 0 Å². The van der Waals surface area contributed by atoms with Gasteiger partial charge >= 0.3 is 0 Å². The molecule has 0 amide bonds. The molecule has 2 rings (SSSR count). The van der Waals surface area contributed by atoms with Crippen molar-refractivity contribution in [3.63, 3.8) is 0 Å². The van der Waals surface area contributed by atoms with Crippen LogP contribution in [0.4, 0.5) is 0 Å². The maximum atomic E-state index is 9.09. The molecule has 0 unspecified atom stereocenters. The van der Waals surface area contributed by atoms with E-state index in [1.54, 1.807) is 22.7 Å². The van der Waals surface area contributed by atoms with Gasteiger partial charge in [-0.05, 0) is 35.9 Å². The first-order valence-electron chi connectivity index (χ1n) is 5.42. The molecule has 0 atom stereocenters. The van der Waals surface area contributed by atoms with E-state index >= 15 is 0 Å². The third-order valence-electron chi connectivity index (χ3n) is 2.47. The van der Waals surface area contributed by atoms with E-state index in [1.165, 1.54) is 21.7 Å². The van der Waals surface area contributed by atoms with E-state index in [9.17, 15) is 0 Å². The van der Waals surface area contributed by atoms with Crippen molar-refractivity contribution in [2.75, 3.05) is 0 Å². The summed E-state index contributed by atoms with van der Waals surface area (Å²) in [5.74, 6) is 0. The molecule has 82 valence electrons. The van der Waals surface area contributed by atoms with Gasteiger partial charge in [-0.3, -0.25) is 0 Å². The quantitative estimate of drug-likeness (QED) is 0.768. The van der Waals surface area contributed by atoms with E-state index in [4.69, 9.17) is 5.26 Å². The van der Waals surface area contributed by atoms with Crippen LogP contribution >= 0.6 is 22.7 Å². The van der Waals surface area contributed by atoms with Gasteiger partial charge in [-0.25, -0.2) is 0 Å². The maximum absolute atomic E-state index is 9.09. The number of unbranched alkanes of at least 4 members (excludes halogenated alkanes) is 1. The first kappa shape index (κ1) is 11.4. The molecule has 0 radical (unpaired) electrons. The summed E-state index contributed by atoms with van der Waals surface area (Å²) in [7, 11) is 0. The average molecular weight is 247 g/mol. The van der Waals surface area contributed by atoms with Gasteiger partial charge in [0, 0.05) is 9.75 Å². The minimum atomic E-state index is 0.886. The molecule has 0 fully saturated rings. The molecule has 0 aromatic carbocycles. The molecule has 0 aliphatic carbocycles. The van der Waals surface area contributed by atoms with Gasteiger partial charge in [0.25, 0.3) is 0 Å². The molecule has 0 saturated carbocycles. The maximum Gasteiger partial charge on any atom is 0.110 e. The topological polar surface area (TPSA) is 23.8 Å². The van der Waals surface area contributed by atoms with Crippen LogP contribution in [-0.2, 0) is 6.42 Å². The van der Waals surface area contributed by atoms with Gasteiger partial charge in [0.05, 0.1) is 0 Å². The van der Waals surface area contributed by atoms with Crippen LogP contribution in [-0.4, -0.2) is 0 Å². The van der Waals surface area contributed by atoms with Crippen LogP contribution in [0, 0.1) is 11.3 Å². The molecule has 0 saturated heterocycles. The monoisotopic (exact) mass is 247 g/mol. The Hall–Kier alpha value is -1.11. The van der Waals surface area contributed by atoms with E-state index in [1.807, 2.05) is 0 Å². The number of hydrogen-bond acceptors (Lipinski definition) is 3. The molecule has 2 aromatic rings. The van der Waals surface area contributed by atoms with Crippen molar-refractivity contribution in [2.45, 2.75) is 26.2 Å². The van der Waals surface area contributed by atoms with E-state index in [0.717, 1.165) is 17.7 Å². The van der Waals surface area contributed by atoms with Crippen molar-refractivity contribution in [3.8, 4) is 15.8 Å². The Morgan fingerprint density at radius 2 is 2.25 bits per heavy atom. The second-order valence-electron chi connectivity index (χ2n) is 3.66. The number of nitriles is 1. The largest absolute Gasteiger partial charge is 0.192 e. The van der Waals surface area contributed by atoms with E-state index in [-0.39, 0.29) is 0 Å². The lowest BCUT2D eigenvalue weighted by atomic mass is 10.1.